The molecule has 2 atom stereocenters. The van der Waals surface area contributed by atoms with Gasteiger partial charge >= 0.3 is 0 Å². The lowest BCUT2D eigenvalue weighted by Crippen LogP contribution is -2.46. The summed E-state index contributed by atoms with van der Waals surface area (Å²) in [7, 11) is 1.59. The molecule has 1 aliphatic rings. The number of methoxy groups -OCH3 is 1. The van der Waals surface area contributed by atoms with Gasteiger partial charge in [-0.15, -0.1) is 11.3 Å². The van der Waals surface area contributed by atoms with Gasteiger partial charge in [0.1, 0.15) is 11.9 Å². The molecule has 2 aromatic rings. The third kappa shape index (κ3) is 6.63. The van der Waals surface area contributed by atoms with E-state index < -0.39 is 6.10 Å². The Morgan fingerprint density at radius 1 is 1.16 bits per heavy atom. The molecule has 1 amide bonds. The Hall–Kier alpha value is -2.22. The van der Waals surface area contributed by atoms with Crippen molar-refractivity contribution in [1.29, 1.82) is 0 Å². The standard InChI is InChI=1S/C24H32N2O4S/c1-17-12-15-31-24(17)23(29)20(16-26-13-3-4-14-26)25-22(28)7-5-6-21(27)18-8-10-19(30-2)11-9-18/h8-12,15,20,23,29H,3-7,13-14,16H2,1-2H3,(H,25,28). The van der Waals surface area contributed by atoms with Crippen molar-refractivity contribution in [2.75, 3.05) is 26.7 Å². The van der Waals surface area contributed by atoms with Gasteiger partial charge in [0.05, 0.1) is 13.2 Å². The Morgan fingerprint density at radius 3 is 2.48 bits per heavy atom. The average molecular weight is 445 g/mol. The molecule has 0 saturated carbocycles. The maximum absolute atomic E-state index is 12.6. The molecule has 2 heterocycles. The molecule has 1 aromatic carbocycles. The number of rotatable bonds is 11. The molecule has 7 heteroatoms. The van der Waals surface area contributed by atoms with Gasteiger partial charge in [0.15, 0.2) is 5.78 Å². The zero-order valence-electron chi connectivity index (χ0n) is 18.3. The summed E-state index contributed by atoms with van der Waals surface area (Å²) in [6.45, 7) is 4.61. The number of likely N-dealkylation sites (tertiary alicyclic amines) is 1. The monoisotopic (exact) mass is 444 g/mol. The maximum atomic E-state index is 12.6. The second-order valence-electron chi connectivity index (χ2n) is 8.10. The number of benzene rings is 1. The predicted molar refractivity (Wildman–Crippen MR) is 123 cm³/mol. The number of carbonyl (C=O) groups is 2. The highest BCUT2D eigenvalue weighted by molar-refractivity contribution is 7.10. The molecule has 0 spiro atoms. The average Bonchev–Trinajstić information content (AvgIpc) is 3.44. The zero-order chi connectivity index (χ0) is 22.2. The second kappa shape index (κ2) is 11.4. The molecule has 1 aromatic heterocycles. The molecule has 0 bridgehead atoms. The number of Topliss-reactive ketones (excluding diaryl/α,β-unsaturated/α-hetero) is 1. The summed E-state index contributed by atoms with van der Waals surface area (Å²) in [5.41, 5.74) is 1.67. The van der Waals surface area contributed by atoms with Gasteiger partial charge in [-0.2, -0.15) is 0 Å². The fourth-order valence-electron chi connectivity index (χ4n) is 3.95. The summed E-state index contributed by atoms with van der Waals surface area (Å²) in [4.78, 5) is 28.2. The van der Waals surface area contributed by atoms with Crippen molar-refractivity contribution >= 4 is 23.0 Å². The minimum atomic E-state index is -0.731. The minimum Gasteiger partial charge on any atom is -0.497 e. The van der Waals surface area contributed by atoms with Crippen LogP contribution in [0, 0.1) is 6.92 Å². The van der Waals surface area contributed by atoms with Crippen LogP contribution in [0.2, 0.25) is 0 Å². The topological polar surface area (TPSA) is 78.9 Å². The number of aliphatic hydroxyl groups is 1. The second-order valence-corrected chi connectivity index (χ2v) is 9.05. The van der Waals surface area contributed by atoms with Gasteiger partial charge in [-0.05, 0) is 80.6 Å². The molecule has 2 unspecified atom stereocenters. The lowest BCUT2D eigenvalue weighted by atomic mass is 10.0. The van der Waals surface area contributed by atoms with Gasteiger partial charge in [-0.1, -0.05) is 0 Å². The van der Waals surface area contributed by atoms with Gasteiger partial charge in [-0.25, -0.2) is 0 Å². The van der Waals surface area contributed by atoms with Crippen LogP contribution < -0.4 is 10.1 Å². The summed E-state index contributed by atoms with van der Waals surface area (Å²) in [5, 5.41) is 16.0. The Kier molecular flexibility index (Phi) is 8.63. The number of carbonyl (C=O) groups excluding carboxylic acids is 2. The third-order valence-corrected chi connectivity index (χ3v) is 6.86. The van der Waals surface area contributed by atoms with Crippen LogP contribution in [0.4, 0.5) is 0 Å². The highest BCUT2D eigenvalue weighted by Gasteiger charge is 2.28. The number of amides is 1. The smallest absolute Gasteiger partial charge is 0.220 e. The molecule has 168 valence electrons. The number of ether oxygens (including phenoxy) is 1. The normalized spacial score (nSPS) is 16.1. The number of hydrogen-bond donors (Lipinski definition) is 2. The quantitative estimate of drug-likeness (QED) is 0.516. The van der Waals surface area contributed by atoms with E-state index in [0.717, 1.165) is 36.4 Å². The van der Waals surface area contributed by atoms with Crippen molar-refractivity contribution in [3.05, 3.63) is 51.7 Å². The maximum Gasteiger partial charge on any atom is 0.220 e. The van der Waals surface area contributed by atoms with Crippen LogP contribution in [0.3, 0.4) is 0 Å². The molecule has 1 saturated heterocycles. The van der Waals surface area contributed by atoms with E-state index >= 15 is 0 Å². The van der Waals surface area contributed by atoms with E-state index in [2.05, 4.69) is 10.2 Å². The van der Waals surface area contributed by atoms with Crippen molar-refractivity contribution < 1.29 is 19.4 Å². The summed E-state index contributed by atoms with van der Waals surface area (Å²) in [6, 6.07) is 8.64. The first-order valence-corrected chi connectivity index (χ1v) is 11.8. The Bertz CT molecular complexity index is 859. The first kappa shape index (κ1) is 23.4. The summed E-state index contributed by atoms with van der Waals surface area (Å²) >= 11 is 1.52. The highest BCUT2D eigenvalue weighted by atomic mass is 32.1. The number of nitrogens with zero attached hydrogens (tertiary/aromatic N) is 1. The summed E-state index contributed by atoms with van der Waals surface area (Å²) in [5.74, 6) is 0.595. The van der Waals surface area contributed by atoms with Gasteiger partial charge in [0.25, 0.3) is 0 Å². The number of aliphatic hydroxyl groups excluding tert-OH is 1. The van der Waals surface area contributed by atoms with Gasteiger partial charge in [-0.3, -0.25) is 9.59 Å². The Morgan fingerprint density at radius 2 is 1.87 bits per heavy atom. The van der Waals surface area contributed by atoms with Gasteiger partial charge < -0.3 is 20.1 Å². The van der Waals surface area contributed by atoms with Crippen molar-refractivity contribution in [2.45, 2.75) is 51.2 Å². The molecule has 0 radical (unpaired) electrons. The fraction of sp³-hybridized carbons (Fsp3) is 0.500. The molecular weight excluding hydrogens is 412 g/mol. The largest absolute Gasteiger partial charge is 0.497 e. The Labute approximate surface area is 188 Å². The lowest BCUT2D eigenvalue weighted by Gasteiger charge is -2.28. The molecule has 31 heavy (non-hydrogen) atoms. The van der Waals surface area contributed by atoms with E-state index in [4.69, 9.17) is 4.74 Å². The number of thiophene rings is 1. The number of ketones is 1. The minimum absolute atomic E-state index is 0.0123. The van der Waals surface area contributed by atoms with E-state index in [-0.39, 0.29) is 24.2 Å². The molecule has 2 N–H and O–H groups in total. The van der Waals surface area contributed by atoms with Gasteiger partial charge in [0.2, 0.25) is 5.91 Å². The van der Waals surface area contributed by atoms with E-state index in [1.54, 1.807) is 31.4 Å². The molecule has 0 aliphatic carbocycles. The molecule has 1 aliphatic heterocycles. The number of hydrogen-bond acceptors (Lipinski definition) is 6. The molecule has 6 nitrogen and oxygen atoms in total. The van der Waals surface area contributed by atoms with Crippen LogP contribution in [0.5, 0.6) is 5.75 Å². The lowest BCUT2D eigenvalue weighted by molar-refractivity contribution is -0.123. The van der Waals surface area contributed by atoms with E-state index in [0.29, 0.717) is 30.7 Å². The van der Waals surface area contributed by atoms with Gasteiger partial charge in [0, 0.05) is 29.8 Å². The van der Waals surface area contributed by atoms with Crippen LogP contribution in [-0.2, 0) is 4.79 Å². The van der Waals surface area contributed by atoms with E-state index in [1.807, 2.05) is 18.4 Å². The van der Waals surface area contributed by atoms with Crippen LogP contribution >= 0.6 is 11.3 Å². The van der Waals surface area contributed by atoms with Crippen LogP contribution in [0.25, 0.3) is 0 Å². The first-order chi connectivity index (χ1) is 15.0. The van der Waals surface area contributed by atoms with Crippen molar-refractivity contribution in [1.82, 2.24) is 10.2 Å². The summed E-state index contributed by atoms with van der Waals surface area (Å²) < 4.78 is 5.11. The zero-order valence-corrected chi connectivity index (χ0v) is 19.1. The predicted octanol–water partition coefficient (Wildman–Crippen LogP) is 3.73. The number of aryl methyl sites for hydroxylation is 1. The van der Waals surface area contributed by atoms with Crippen molar-refractivity contribution in [3.63, 3.8) is 0 Å². The van der Waals surface area contributed by atoms with Crippen LogP contribution in [0.1, 0.15) is 59.0 Å². The number of nitrogens with one attached hydrogen (secondary N) is 1. The molecular formula is C24H32N2O4S. The van der Waals surface area contributed by atoms with Crippen molar-refractivity contribution in [2.24, 2.45) is 0 Å². The Balaban J connectivity index is 1.52. The van der Waals surface area contributed by atoms with Crippen LogP contribution in [0.15, 0.2) is 35.7 Å². The fourth-order valence-corrected chi connectivity index (χ4v) is 4.92. The van der Waals surface area contributed by atoms with Crippen LogP contribution in [-0.4, -0.2) is 54.5 Å². The molecule has 3 rings (SSSR count). The van der Waals surface area contributed by atoms with Crippen molar-refractivity contribution in [3.8, 4) is 5.75 Å². The molecule has 1 fully saturated rings. The van der Waals surface area contributed by atoms with E-state index in [1.165, 1.54) is 11.3 Å². The van der Waals surface area contributed by atoms with E-state index in [9.17, 15) is 14.7 Å². The summed E-state index contributed by atoms with van der Waals surface area (Å²) in [6.07, 6.45) is 2.62. The third-order valence-electron chi connectivity index (χ3n) is 5.77. The SMILES string of the molecule is COc1ccc(C(=O)CCCC(=O)NC(CN2CCCC2)C(O)c2sccc2C)cc1. The highest BCUT2D eigenvalue weighted by Crippen LogP contribution is 2.27. The first-order valence-electron chi connectivity index (χ1n) is 10.9.